The van der Waals surface area contributed by atoms with Crippen molar-refractivity contribution in [2.24, 2.45) is 11.1 Å². The van der Waals surface area contributed by atoms with Gasteiger partial charge in [0.25, 0.3) is 5.91 Å². The first kappa shape index (κ1) is 21.6. The summed E-state index contributed by atoms with van der Waals surface area (Å²) in [7, 11) is 0. The molecule has 0 bridgehead atoms. The summed E-state index contributed by atoms with van der Waals surface area (Å²) in [6.07, 6.45) is 6.58. The van der Waals surface area contributed by atoms with E-state index < -0.39 is 11.3 Å². The van der Waals surface area contributed by atoms with Crippen molar-refractivity contribution in [3.63, 3.8) is 0 Å². The highest BCUT2D eigenvalue weighted by Gasteiger charge is 2.47. The minimum Gasteiger partial charge on any atom is -0.365 e. The first-order chi connectivity index (χ1) is 17.0. The third-order valence-corrected chi connectivity index (χ3v) is 7.53. The van der Waals surface area contributed by atoms with Gasteiger partial charge in [0.1, 0.15) is 5.82 Å². The van der Waals surface area contributed by atoms with Gasteiger partial charge in [-0.1, -0.05) is 18.2 Å². The van der Waals surface area contributed by atoms with E-state index in [4.69, 9.17) is 5.73 Å². The molecule has 2 fully saturated rings. The first-order valence-electron chi connectivity index (χ1n) is 12.0. The fourth-order valence-corrected chi connectivity index (χ4v) is 5.95. The third-order valence-electron chi connectivity index (χ3n) is 7.53. The molecule has 1 spiro atoms. The minimum absolute atomic E-state index is 0.0811. The molecule has 178 valence electrons. The standard InChI is InChI=1S/C27H26FN5O2/c28-18-7-9-19(10-8-18)32-14-4-12-27(26(32)35)11-3-13-31(17-27)33-23-6-2-1-5-20(23)21-15-30-16-22(24(21)33)25(29)34/h1-2,5-10,15-16H,3-4,11-14,17H2,(H2,29,34)/t27-/m0/s1. The molecule has 6 rings (SSSR count). The number of anilines is 1. The molecule has 2 aliphatic heterocycles. The number of hydrogen-bond donors (Lipinski definition) is 1. The fourth-order valence-electron chi connectivity index (χ4n) is 5.95. The second-order valence-corrected chi connectivity index (χ2v) is 9.59. The lowest BCUT2D eigenvalue weighted by atomic mass is 9.73. The summed E-state index contributed by atoms with van der Waals surface area (Å²) in [5.41, 5.74) is 7.97. The van der Waals surface area contributed by atoms with E-state index in [-0.39, 0.29) is 11.7 Å². The van der Waals surface area contributed by atoms with E-state index in [0.717, 1.165) is 59.7 Å². The molecule has 2 saturated heterocycles. The molecular formula is C27H26FN5O2. The number of primary amides is 1. The Morgan fingerprint density at radius 1 is 0.971 bits per heavy atom. The van der Waals surface area contributed by atoms with E-state index >= 15 is 0 Å². The summed E-state index contributed by atoms with van der Waals surface area (Å²) in [5, 5.41) is 4.03. The Morgan fingerprint density at radius 3 is 2.49 bits per heavy atom. The molecule has 2 amide bonds. The Kier molecular flexibility index (Phi) is 4.98. The van der Waals surface area contributed by atoms with E-state index in [2.05, 4.69) is 14.7 Å². The molecule has 2 aromatic heterocycles. The quantitative estimate of drug-likeness (QED) is 0.490. The molecule has 35 heavy (non-hydrogen) atoms. The van der Waals surface area contributed by atoms with Crippen molar-refractivity contribution in [2.75, 3.05) is 29.5 Å². The van der Waals surface area contributed by atoms with Gasteiger partial charge in [0.2, 0.25) is 5.91 Å². The van der Waals surface area contributed by atoms with Crippen LogP contribution in [0.1, 0.15) is 36.0 Å². The molecule has 8 heteroatoms. The highest BCUT2D eigenvalue weighted by molar-refractivity contribution is 6.15. The maximum Gasteiger partial charge on any atom is 0.252 e. The number of carbonyl (C=O) groups excluding carboxylic acids is 2. The van der Waals surface area contributed by atoms with Gasteiger partial charge >= 0.3 is 0 Å². The largest absolute Gasteiger partial charge is 0.365 e. The number of halogens is 1. The van der Waals surface area contributed by atoms with Gasteiger partial charge in [-0.2, -0.15) is 0 Å². The second kappa shape index (κ2) is 8.08. The SMILES string of the molecule is NC(=O)c1cncc2c3ccccc3n(N3CCC[C@]4(CCCN(c5ccc(F)cc5)C4=O)C3)c12. The first-order valence-corrected chi connectivity index (χ1v) is 12.0. The molecule has 4 heterocycles. The summed E-state index contributed by atoms with van der Waals surface area (Å²) in [5.74, 6) is -0.768. The zero-order valence-corrected chi connectivity index (χ0v) is 19.3. The van der Waals surface area contributed by atoms with Crippen LogP contribution in [-0.2, 0) is 4.79 Å². The number of benzene rings is 2. The van der Waals surface area contributed by atoms with Gasteiger partial charge in [-0.25, -0.2) is 4.39 Å². The Labute approximate surface area is 201 Å². The van der Waals surface area contributed by atoms with Crippen molar-refractivity contribution in [1.29, 1.82) is 0 Å². The van der Waals surface area contributed by atoms with Gasteiger partial charge in [0.05, 0.1) is 22.0 Å². The van der Waals surface area contributed by atoms with Gasteiger partial charge in [0.15, 0.2) is 0 Å². The fraction of sp³-hybridized carbons (Fsp3) is 0.296. The van der Waals surface area contributed by atoms with E-state index in [0.29, 0.717) is 18.7 Å². The number of fused-ring (bicyclic) bond motifs is 3. The van der Waals surface area contributed by atoms with Crippen molar-refractivity contribution in [2.45, 2.75) is 25.7 Å². The number of aromatic nitrogens is 2. The lowest BCUT2D eigenvalue weighted by Gasteiger charge is -2.48. The molecule has 0 unspecified atom stereocenters. The summed E-state index contributed by atoms with van der Waals surface area (Å²) in [6.45, 7) is 1.90. The van der Waals surface area contributed by atoms with Crippen LogP contribution >= 0.6 is 0 Å². The molecular weight excluding hydrogens is 445 g/mol. The van der Waals surface area contributed by atoms with Crippen molar-refractivity contribution < 1.29 is 14.0 Å². The van der Waals surface area contributed by atoms with Crippen molar-refractivity contribution in [1.82, 2.24) is 9.66 Å². The summed E-state index contributed by atoms with van der Waals surface area (Å²) in [4.78, 5) is 32.3. The van der Waals surface area contributed by atoms with Crippen LogP contribution in [0.4, 0.5) is 10.1 Å². The number of rotatable bonds is 3. The van der Waals surface area contributed by atoms with E-state index in [1.165, 1.54) is 18.3 Å². The van der Waals surface area contributed by atoms with Crippen LogP contribution in [0.25, 0.3) is 21.8 Å². The van der Waals surface area contributed by atoms with Gasteiger partial charge in [0, 0.05) is 48.5 Å². The summed E-state index contributed by atoms with van der Waals surface area (Å²) in [6, 6.07) is 14.1. The van der Waals surface area contributed by atoms with E-state index in [9.17, 15) is 14.0 Å². The van der Waals surface area contributed by atoms with E-state index in [1.54, 1.807) is 23.2 Å². The van der Waals surface area contributed by atoms with Crippen LogP contribution in [-0.4, -0.2) is 41.1 Å². The summed E-state index contributed by atoms with van der Waals surface area (Å²) < 4.78 is 15.6. The molecule has 0 saturated carbocycles. The second-order valence-electron chi connectivity index (χ2n) is 9.59. The summed E-state index contributed by atoms with van der Waals surface area (Å²) >= 11 is 0. The number of amides is 2. The number of piperidine rings is 2. The monoisotopic (exact) mass is 471 g/mol. The molecule has 2 aromatic carbocycles. The van der Waals surface area contributed by atoms with Gasteiger partial charge in [-0.3, -0.25) is 19.2 Å². The van der Waals surface area contributed by atoms with Crippen LogP contribution in [0.5, 0.6) is 0 Å². The van der Waals surface area contributed by atoms with Crippen molar-refractivity contribution >= 4 is 39.3 Å². The van der Waals surface area contributed by atoms with Crippen molar-refractivity contribution in [3.05, 3.63) is 72.3 Å². The zero-order chi connectivity index (χ0) is 24.2. The number of pyridine rings is 1. The highest BCUT2D eigenvalue weighted by Crippen LogP contribution is 2.42. The third kappa shape index (κ3) is 3.35. The minimum atomic E-state index is -0.553. The number of hydrogen-bond acceptors (Lipinski definition) is 4. The zero-order valence-electron chi connectivity index (χ0n) is 19.3. The predicted molar refractivity (Wildman–Crippen MR) is 133 cm³/mol. The van der Waals surface area contributed by atoms with Crippen LogP contribution in [0.3, 0.4) is 0 Å². The highest BCUT2D eigenvalue weighted by atomic mass is 19.1. The predicted octanol–water partition coefficient (Wildman–Crippen LogP) is 3.97. The Morgan fingerprint density at radius 2 is 1.71 bits per heavy atom. The molecule has 2 N–H and O–H groups in total. The van der Waals surface area contributed by atoms with Crippen molar-refractivity contribution in [3.8, 4) is 0 Å². The van der Waals surface area contributed by atoms with Crippen LogP contribution in [0, 0.1) is 11.2 Å². The van der Waals surface area contributed by atoms with Crippen LogP contribution in [0.2, 0.25) is 0 Å². The van der Waals surface area contributed by atoms with Gasteiger partial charge < -0.3 is 15.6 Å². The van der Waals surface area contributed by atoms with E-state index in [1.807, 2.05) is 24.3 Å². The van der Waals surface area contributed by atoms with Crippen LogP contribution in [0.15, 0.2) is 60.9 Å². The van der Waals surface area contributed by atoms with Gasteiger partial charge in [-0.05, 0) is 56.0 Å². The lowest BCUT2D eigenvalue weighted by molar-refractivity contribution is -0.131. The number of para-hydroxylation sites is 1. The Hall–Kier alpha value is -3.94. The number of nitrogens with zero attached hydrogens (tertiary/aromatic N) is 4. The molecule has 4 aromatic rings. The topological polar surface area (TPSA) is 84.5 Å². The number of nitrogens with two attached hydrogens (primary N) is 1. The Balaban J connectivity index is 1.45. The Bertz CT molecular complexity index is 1460. The molecule has 0 radical (unpaired) electrons. The normalized spacial score (nSPS) is 20.8. The number of carbonyl (C=O) groups is 2. The molecule has 7 nitrogen and oxygen atoms in total. The average molecular weight is 472 g/mol. The molecule has 2 aliphatic rings. The van der Waals surface area contributed by atoms with Crippen LogP contribution < -0.4 is 15.6 Å². The average Bonchev–Trinajstić information content (AvgIpc) is 3.21. The maximum atomic E-state index is 13.9. The maximum absolute atomic E-state index is 13.9. The smallest absolute Gasteiger partial charge is 0.252 e. The molecule has 0 aliphatic carbocycles. The van der Waals surface area contributed by atoms with Gasteiger partial charge in [-0.15, -0.1) is 0 Å². The lowest BCUT2D eigenvalue weighted by Crippen LogP contribution is -2.58. The molecule has 1 atom stereocenters.